The van der Waals surface area contributed by atoms with E-state index in [0.717, 1.165) is 29.4 Å². The summed E-state index contributed by atoms with van der Waals surface area (Å²) in [6.07, 6.45) is 4.13. The van der Waals surface area contributed by atoms with Gasteiger partial charge in [-0.2, -0.15) is 19.6 Å². The van der Waals surface area contributed by atoms with Crippen LogP contribution in [0.15, 0.2) is 17.9 Å². The zero-order valence-corrected chi connectivity index (χ0v) is 11.7. The number of aromatic nitrogens is 5. The monoisotopic (exact) mass is 294 g/mol. The molecule has 0 radical (unpaired) electrons. The number of nitrogens with one attached hydrogen (secondary N) is 1. The van der Waals surface area contributed by atoms with Gasteiger partial charge >= 0.3 is 0 Å². The fraction of sp³-hybridized carbons (Fsp3) is 0.273. The molecular formula is C11H11ClN6S. The first-order chi connectivity index (χ1) is 9.25. The molecule has 0 aliphatic rings. The van der Waals surface area contributed by atoms with E-state index in [2.05, 4.69) is 25.4 Å². The van der Waals surface area contributed by atoms with Gasteiger partial charge in [-0.15, -0.1) is 11.3 Å². The number of anilines is 1. The van der Waals surface area contributed by atoms with Crippen molar-refractivity contribution >= 4 is 34.5 Å². The molecule has 0 spiro atoms. The summed E-state index contributed by atoms with van der Waals surface area (Å²) in [6, 6.07) is 0. The summed E-state index contributed by atoms with van der Waals surface area (Å²) in [5.74, 6) is 1.32. The third-order valence-electron chi connectivity index (χ3n) is 2.72. The normalized spacial score (nSPS) is 11.1. The van der Waals surface area contributed by atoms with Crippen LogP contribution in [0.1, 0.15) is 10.6 Å². The maximum Gasteiger partial charge on any atom is 0.255 e. The van der Waals surface area contributed by atoms with E-state index in [0.29, 0.717) is 10.9 Å². The smallest absolute Gasteiger partial charge is 0.255 e. The highest BCUT2D eigenvalue weighted by Crippen LogP contribution is 2.21. The third-order valence-corrected chi connectivity index (χ3v) is 3.93. The number of thiazole rings is 1. The van der Waals surface area contributed by atoms with Crippen molar-refractivity contribution in [3.63, 3.8) is 0 Å². The molecule has 0 aliphatic heterocycles. The Bertz CT molecular complexity index is 693. The van der Waals surface area contributed by atoms with Crippen molar-refractivity contribution in [2.45, 2.75) is 13.3 Å². The minimum Gasteiger partial charge on any atom is -0.369 e. The number of halogens is 1. The lowest BCUT2D eigenvalue weighted by Crippen LogP contribution is -2.11. The third kappa shape index (κ3) is 2.39. The van der Waals surface area contributed by atoms with E-state index in [1.165, 1.54) is 6.33 Å². The number of hydrogen-bond donors (Lipinski definition) is 1. The van der Waals surface area contributed by atoms with Gasteiger partial charge in [0.25, 0.3) is 5.78 Å². The average molecular weight is 295 g/mol. The Labute approximate surface area is 118 Å². The maximum absolute atomic E-state index is 6.09. The van der Waals surface area contributed by atoms with Crippen LogP contribution in [0, 0.1) is 6.92 Å². The molecule has 0 amide bonds. The summed E-state index contributed by atoms with van der Waals surface area (Å²) in [4.78, 5) is 12.4. The standard InChI is InChI=1S/C11H11ClN6S/c1-7-9(12)17-11-15-6-16-18(11)10(7)14-3-2-8-13-4-5-19-8/h4-6,14H,2-3H2,1H3. The molecule has 98 valence electrons. The highest BCUT2D eigenvalue weighted by Gasteiger charge is 2.11. The predicted octanol–water partition coefficient (Wildman–Crippen LogP) is 2.20. The Morgan fingerprint density at radius 2 is 2.32 bits per heavy atom. The van der Waals surface area contributed by atoms with Crippen molar-refractivity contribution in [1.29, 1.82) is 0 Å². The Kier molecular flexibility index (Phi) is 3.31. The van der Waals surface area contributed by atoms with Crippen molar-refractivity contribution in [2.24, 2.45) is 0 Å². The van der Waals surface area contributed by atoms with E-state index < -0.39 is 0 Å². The number of hydrogen-bond acceptors (Lipinski definition) is 6. The van der Waals surface area contributed by atoms with Gasteiger partial charge < -0.3 is 5.32 Å². The van der Waals surface area contributed by atoms with Crippen LogP contribution in [-0.2, 0) is 6.42 Å². The van der Waals surface area contributed by atoms with Crippen molar-refractivity contribution in [1.82, 2.24) is 24.6 Å². The average Bonchev–Trinajstić information content (AvgIpc) is 3.04. The Morgan fingerprint density at radius 3 is 3.11 bits per heavy atom. The molecule has 0 aliphatic carbocycles. The van der Waals surface area contributed by atoms with Crippen LogP contribution >= 0.6 is 22.9 Å². The van der Waals surface area contributed by atoms with Gasteiger partial charge in [0.05, 0.1) is 5.01 Å². The summed E-state index contributed by atoms with van der Waals surface area (Å²) >= 11 is 7.73. The van der Waals surface area contributed by atoms with E-state index in [9.17, 15) is 0 Å². The van der Waals surface area contributed by atoms with Crippen LogP contribution in [-0.4, -0.2) is 31.1 Å². The fourth-order valence-corrected chi connectivity index (χ4v) is 2.55. The second kappa shape index (κ2) is 5.10. The molecule has 6 nitrogen and oxygen atoms in total. The highest BCUT2D eigenvalue weighted by molar-refractivity contribution is 7.09. The van der Waals surface area contributed by atoms with E-state index in [-0.39, 0.29) is 0 Å². The molecule has 0 saturated heterocycles. The van der Waals surface area contributed by atoms with Crippen LogP contribution in [0.2, 0.25) is 5.15 Å². The van der Waals surface area contributed by atoms with Crippen LogP contribution in [0.4, 0.5) is 5.82 Å². The lowest BCUT2D eigenvalue weighted by molar-refractivity contribution is 0.900. The Hall–Kier alpha value is -1.73. The number of nitrogens with zero attached hydrogens (tertiary/aromatic N) is 5. The number of rotatable bonds is 4. The fourth-order valence-electron chi connectivity index (χ4n) is 1.77. The van der Waals surface area contributed by atoms with Gasteiger partial charge in [-0.25, -0.2) is 4.98 Å². The molecule has 0 atom stereocenters. The highest BCUT2D eigenvalue weighted by atomic mass is 35.5. The minimum atomic E-state index is 0.442. The zero-order valence-electron chi connectivity index (χ0n) is 10.2. The zero-order chi connectivity index (χ0) is 13.2. The molecule has 3 aromatic rings. The Balaban J connectivity index is 1.83. The molecule has 0 bridgehead atoms. The van der Waals surface area contributed by atoms with E-state index in [1.54, 1.807) is 15.9 Å². The quantitative estimate of drug-likeness (QED) is 0.747. The first-order valence-corrected chi connectivity index (χ1v) is 6.99. The largest absolute Gasteiger partial charge is 0.369 e. The van der Waals surface area contributed by atoms with Crippen LogP contribution in [0.5, 0.6) is 0 Å². The summed E-state index contributed by atoms with van der Waals surface area (Å²) < 4.78 is 1.66. The van der Waals surface area contributed by atoms with Crippen LogP contribution in [0.25, 0.3) is 5.78 Å². The minimum absolute atomic E-state index is 0.442. The summed E-state index contributed by atoms with van der Waals surface area (Å²) in [7, 11) is 0. The van der Waals surface area contributed by atoms with Crippen molar-refractivity contribution in [2.75, 3.05) is 11.9 Å². The summed E-state index contributed by atoms with van der Waals surface area (Å²) in [5.41, 5.74) is 0.860. The molecule has 8 heteroatoms. The molecular weight excluding hydrogens is 284 g/mol. The SMILES string of the molecule is Cc1c(Cl)nc2ncnn2c1NCCc1nccs1. The van der Waals surface area contributed by atoms with Crippen molar-refractivity contribution in [3.8, 4) is 0 Å². The molecule has 3 aromatic heterocycles. The van der Waals surface area contributed by atoms with Crippen molar-refractivity contribution < 1.29 is 0 Å². The summed E-state index contributed by atoms with van der Waals surface area (Å²) in [6.45, 7) is 2.66. The molecule has 0 saturated carbocycles. The topological polar surface area (TPSA) is 68.0 Å². The first kappa shape index (κ1) is 12.3. The lowest BCUT2D eigenvalue weighted by atomic mass is 10.3. The van der Waals surface area contributed by atoms with Gasteiger partial charge in [-0.1, -0.05) is 11.6 Å². The summed E-state index contributed by atoms with van der Waals surface area (Å²) in [5, 5.41) is 11.0. The van der Waals surface area contributed by atoms with Gasteiger partial charge in [-0.05, 0) is 6.92 Å². The molecule has 0 unspecified atom stereocenters. The van der Waals surface area contributed by atoms with Crippen molar-refractivity contribution in [3.05, 3.63) is 33.6 Å². The first-order valence-electron chi connectivity index (χ1n) is 5.74. The molecule has 0 fully saturated rings. The number of fused-ring (bicyclic) bond motifs is 1. The van der Waals surface area contributed by atoms with Gasteiger partial charge in [0.15, 0.2) is 0 Å². The van der Waals surface area contributed by atoms with E-state index >= 15 is 0 Å². The van der Waals surface area contributed by atoms with E-state index in [4.69, 9.17) is 11.6 Å². The molecule has 3 rings (SSSR count). The predicted molar refractivity (Wildman–Crippen MR) is 74.8 cm³/mol. The molecule has 19 heavy (non-hydrogen) atoms. The van der Waals surface area contributed by atoms with Gasteiger partial charge in [0.2, 0.25) is 0 Å². The Morgan fingerprint density at radius 1 is 1.42 bits per heavy atom. The van der Waals surface area contributed by atoms with Crippen LogP contribution < -0.4 is 5.32 Å². The van der Waals surface area contributed by atoms with E-state index in [1.807, 2.05) is 18.5 Å². The van der Waals surface area contributed by atoms with Gasteiger partial charge in [0.1, 0.15) is 17.3 Å². The van der Waals surface area contributed by atoms with Crippen LogP contribution in [0.3, 0.4) is 0 Å². The van der Waals surface area contributed by atoms with Gasteiger partial charge in [-0.3, -0.25) is 0 Å². The lowest BCUT2D eigenvalue weighted by Gasteiger charge is -2.10. The molecule has 0 aromatic carbocycles. The second-order valence-electron chi connectivity index (χ2n) is 3.95. The van der Waals surface area contributed by atoms with Gasteiger partial charge in [0, 0.05) is 30.1 Å². The molecule has 1 N–H and O–H groups in total. The molecule has 3 heterocycles. The second-order valence-corrected chi connectivity index (χ2v) is 5.29. The maximum atomic E-state index is 6.09.